The van der Waals surface area contributed by atoms with E-state index in [1.165, 1.54) is 22.9 Å². The molecule has 220 valence electrons. The van der Waals surface area contributed by atoms with Crippen LogP contribution in [0.15, 0.2) is 65.6 Å². The van der Waals surface area contributed by atoms with Crippen LogP contribution in [0.3, 0.4) is 0 Å². The lowest BCUT2D eigenvalue weighted by Gasteiger charge is -2.49. The highest BCUT2D eigenvalue weighted by Gasteiger charge is 2.48. The van der Waals surface area contributed by atoms with E-state index < -0.39 is 30.1 Å². The van der Waals surface area contributed by atoms with E-state index in [4.69, 9.17) is 9.47 Å². The molecule has 3 fully saturated rings. The van der Waals surface area contributed by atoms with Crippen molar-refractivity contribution < 1.29 is 29.0 Å². The number of ether oxygens (including phenoxy) is 2. The number of hydrogen-bond donors (Lipinski definition) is 2. The lowest BCUT2D eigenvalue weighted by atomic mass is 9.74. The monoisotopic (exact) mass is 574 g/mol. The van der Waals surface area contributed by atoms with E-state index in [1.54, 1.807) is 31.3 Å². The molecule has 2 bridgehead atoms. The summed E-state index contributed by atoms with van der Waals surface area (Å²) in [7, 11) is 3.00. The van der Waals surface area contributed by atoms with E-state index in [0.29, 0.717) is 22.4 Å². The second-order valence-corrected chi connectivity index (χ2v) is 10.8. The summed E-state index contributed by atoms with van der Waals surface area (Å²) in [4.78, 5) is 53.2. The summed E-state index contributed by atoms with van der Waals surface area (Å²) in [6.07, 6.45) is 4.08. The number of methoxy groups -OCH3 is 1. The summed E-state index contributed by atoms with van der Waals surface area (Å²) in [5.41, 5.74) is 2.11. The van der Waals surface area contributed by atoms with E-state index in [0.717, 1.165) is 31.2 Å². The number of aryl methyl sites for hydroxylation is 1. The van der Waals surface area contributed by atoms with Gasteiger partial charge in [0, 0.05) is 19.5 Å². The zero-order chi connectivity index (χ0) is 29.8. The normalized spacial score (nSPS) is 20.0. The number of fused-ring (bicyclic) bond motifs is 3. The van der Waals surface area contributed by atoms with Crippen LogP contribution >= 0.6 is 0 Å². The van der Waals surface area contributed by atoms with Gasteiger partial charge in [-0.1, -0.05) is 54.6 Å². The molecule has 0 spiro atoms. The Balaban J connectivity index is 1.29. The van der Waals surface area contributed by atoms with Crippen molar-refractivity contribution in [1.82, 2.24) is 20.0 Å². The van der Waals surface area contributed by atoms with Crippen LogP contribution in [0.25, 0.3) is 11.1 Å². The molecule has 1 aromatic heterocycles. The molecule has 0 radical (unpaired) electrons. The van der Waals surface area contributed by atoms with Crippen LogP contribution in [0, 0.1) is 5.92 Å². The number of hydrogen-bond acceptors (Lipinski definition) is 7. The van der Waals surface area contributed by atoms with Crippen molar-refractivity contribution in [3.05, 3.63) is 82.3 Å². The second kappa shape index (κ2) is 12.5. The Morgan fingerprint density at radius 2 is 1.71 bits per heavy atom. The van der Waals surface area contributed by atoms with Gasteiger partial charge < -0.3 is 19.9 Å². The van der Waals surface area contributed by atoms with E-state index >= 15 is 0 Å². The largest absolute Gasteiger partial charge is 0.494 e. The summed E-state index contributed by atoms with van der Waals surface area (Å²) < 4.78 is 12.1. The quantitative estimate of drug-likeness (QED) is 0.397. The number of aromatic nitrogens is 2. The van der Waals surface area contributed by atoms with E-state index in [-0.39, 0.29) is 30.5 Å². The van der Waals surface area contributed by atoms with Crippen molar-refractivity contribution in [1.29, 1.82) is 0 Å². The molecule has 2 saturated heterocycles. The SMILES string of the molecule is COc1cnn(C)c(=O)c1-c1ccc(C[C@H](NC(=O)[C@@H]2C3CCC(CC3)N2C(=O)OCc2ccccc2)C(=O)O)cc1. The first-order valence-corrected chi connectivity index (χ1v) is 14.0. The summed E-state index contributed by atoms with van der Waals surface area (Å²) in [5, 5.41) is 16.6. The fourth-order valence-electron chi connectivity index (χ4n) is 5.99. The first-order valence-electron chi connectivity index (χ1n) is 14.0. The lowest BCUT2D eigenvalue weighted by molar-refractivity contribution is -0.144. The van der Waals surface area contributed by atoms with Gasteiger partial charge in [-0.15, -0.1) is 0 Å². The molecule has 3 heterocycles. The average molecular weight is 575 g/mol. The minimum atomic E-state index is -1.21. The Hall–Kier alpha value is -4.67. The van der Waals surface area contributed by atoms with Crippen molar-refractivity contribution in [2.75, 3.05) is 7.11 Å². The predicted octanol–water partition coefficient (Wildman–Crippen LogP) is 3.15. The first kappa shape index (κ1) is 28.8. The Kier molecular flexibility index (Phi) is 8.56. The fraction of sp³-hybridized carbons (Fsp3) is 0.387. The summed E-state index contributed by atoms with van der Waals surface area (Å²) in [6.45, 7) is 0.0904. The maximum atomic E-state index is 13.6. The molecule has 2 N–H and O–H groups in total. The van der Waals surface area contributed by atoms with Crippen molar-refractivity contribution in [2.24, 2.45) is 13.0 Å². The molecular formula is C31H34N4O7. The van der Waals surface area contributed by atoms with Crippen LogP contribution in [0.1, 0.15) is 36.8 Å². The Morgan fingerprint density at radius 3 is 2.36 bits per heavy atom. The summed E-state index contributed by atoms with van der Waals surface area (Å²) in [5.74, 6) is -1.41. The zero-order valence-corrected chi connectivity index (χ0v) is 23.6. The highest BCUT2D eigenvalue weighted by atomic mass is 16.6. The van der Waals surface area contributed by atoms with Crippen molar-refractivity contribution in [3.63, 3.8) is 0 Å². The number of carboxylic acids is 1. The molecular weight excluding hydrogens is 540 g/mol. The van der Waals surface area contributed by atoms with Crippen LogP contribution in [0.2, 0.25) is 0 Å². The first-order chi connectivity index (χ1) is 20.3. The molecule has 2 aliphatic heterocycles. The number of nitrogens with one attached hydrogen (secondary N) is 1. The van der Waals surface area contributed by atoms with Gasteiger partial charge in [0.25, 0.3) is 5.56 Å². The highest BCUT2D eigenvalue weighted by Crippen LogP contribution is 2.40. The third-order valence-electron chi connectivity index (χ3n) is 8.18. The number of carbonyl (C=O) groups excluding carboxylic acids is 2. The average Bonchev–Trinajstić information content (AvgIpc) is 3.01. The van der Waals surface area contributed by atoms with Gasteiger partial charge in [-0.2, -0.15) is 5.10 Å². The van der Waals surface area contributed by atoms with Crippen LogP contribution < -0.4 is 15.6 Å². The van der Waals surface area contributed by atoms with Gasteiger partial charge in [0.2, 0.25) is 5.91 Å². The molecule has 2 amide bonds. The lowest BCUT2D eigenvalue weighted by Crippen LogP contribution is -2.64. The van der Waals surface area contributed by atoms with Crippen LogP contribution in [-0.2, 0) is 34.4 Å². The van der Waals surface area contributed by atoms with Crippen LogP contribution in [0.5, 0.6) is 5.75 Å². The molecule has 3 aromatic rings. The number of nitrogens with zero attached hydrogens (tertiary/aromatic N) is 3. The third kappa shape index (κ3) is 6.00. The standard InChI is InChI=1S/C31H34N4O7/c1-34-29(37)26(25(41-2)17-32-34)21-10-8-19(9-11-21)16-24(30(38)39)33-28(36)27-22-12-14-23(15-13-22)35(27)31(40)42-18-20-6-4-3-5-7-20/h3-11,17,22-24,27H,12-16,18H2,1-2H3,(H,33,36)(H,38,39)/t22?,23?,24-,27-/m0/s1. The number of piperidine rings is 2. The Labute approximate surface area is 243 Å². The summed E-state index contributed by atoms with van der Waals surface area (Å²) in [6, 6.07) is 14.0. The van der Waals surface area contributed by atoms with E-state index in [1.807, 2.05) is 30.3 Å². The van der Waals surface area contributed by atoms with Gasteiger partial charge in [0.15, 0.2) is 5.75 Å². The third-order valence-corrected chi connectivity index (χ3v) is 8.18. The highest BCUT2D eigenvalue weighted by molar-refractivity contribution is 5.90. The van der Waals surface area contributed by atoms with Gasteiger partial charge in [-0.25, -0.2) is 14.3 Å². The molecule has 2 atom stereocenters. The second-order valence-electron chi connectivity index (χ2n) is 10.8. The maximum absolute atomic E-state index is 13.6. The number of carbonyl (C=O) groups is 3. The van der Waals surface area contributed by atoms with Gasteiger partial charge in [-0.05, 0) is 48.3 Å². The molecule has 6 rings (SSSR count). The molecule has 2 aromatic carbocycles. The molecule has 3 aliphatic rings. The number of benzene rings is 2. The van der Waals surface area contributed by atoms with E-state index in [9.17, 15) is 24.3 Å². The molecule has 11 nitrogen and oxygen atoms in total. The van der Waals surface area contributed by atoms with Gasteiger partial charge in [0.1, 0.15) is 18.7 Å². The van der Waals surface area contributed by atoms with Crippen molar-refractivity contribution >= 4 is 18.0 Å². The molecule has 11 heteroatoms. The molecule has 0 unspecified atom stereocenters. The van der Waals surface area contributed by atoms with Crippen molar-refractivity contribution in [2.45, 2.75) is 56.8 Å². The maximum Gasteiger partial charge on any atom is 0.411 e. The summed E-state index contributed by atoms with van der Waals surface area (Å²) >= 11 is 0. The number of carboxylic acid groups (broad SMARTS) is 1. The number of aliphatic carboxylic acids is 1. The molecule has 42 heavy (non-hydrogen) atoms. The smallest absolute Gasteiger partial charge is 0.411 e. The van der Waals surface area contributed by atoms with Gasteiger partial charge in [-0.3, -0.25) is 14.5 Å². The minimum Gasteiger partial charge on any atom is -0.494 e. The fourth-order valence-corrected chi connectivity index (χ4v) is 5.99. The number of amides is 2. The van der Waals surface area contributed by atoms with Gasteiger partial charge >= 0.3 is 12.1 Å². The molecule has 1 saturated carbocycles. The Morgan fingerprint density at radius 1 is 1.02 bits per heavy atom. The topological polar surface area (TPSA) is 140 Å². The number of rotatable bonds is 9. The van der Waals surface area contributed by atoms with Crippen LogP contribution in [0.4, 0.5) is 4.79 Å². The zero-order valence-electron chi connectivity index (χ0n) is 23.6. The van der Waals surface area contributed by atoms with Gasteiger partial charge in [0.05, 0.1) is 18.9 Å². The predicted molar refractivity (Wildman–Crippen MR) is 153 cm³/mol. The van der Waals surface area contributed by atoms with Crippen molar-refractivity contribution in [3.8, 4) is 16.9 Å². The molecule has 1 aliphatic carbocycles. The van der Waals surface area contributed by atoms with E-state index in [2.05, 4.69) is 10.4 Å². The minimum absolute atomic E-state index is 0.0200. The Bertz CT molecular complexity index is 1500. The van der Waals surface area contributed by atoms with Crippen LogP contribution in [-0.4, -0.2) is 63.0 Å².